The Balaban J connectivity index is 1.73. The second-order valence-corrected chi connectivity index (χ2v) is 7.14. The number of rotatable bonds is 3. The van der Waals surface area contributed by atoms with Crippen molar-refractivity contribution >= 4 is 6.03 Å². The summed E-state index contributed by atoms with van der Waals surface area (Å²) in [6.07, 6.45) is 2.29. The Morgan fingerprint density at radius 1 is 1.19 bits per heavy atom. The fourth-order valence-electron chi connectivity index (χ4n) is 3.44. The van der Waals surface area contributed by atoms with Gasteiger partial charge in [-0.05, 0) is 46.6 Å². The molecule has 2 aliphatic heterocycles. The van der Waals surface area contributed by atoms with Crippen LogP contribution in [0.25, 0.3) is 0 Å². The standard InChI is InChI=1S/C16H32N4O/c1-13(2)17-16(21)19-7-5-15(6-8-19)12-20-10-9-18(4)11-14(20)3/h13-15H,5-12H2,1-4H3,(H,17,21)/t14-/m1/s1. The first kappa shape index (κ1) is 16.6. The quantitative estimate of drug-likeness (QED) is 0.857. The second kappa shape index (κ2) is 7.45. The maximum atomic E-state index is 12.0. The highest BCUT2D eigenvalue weighted by atomic mass is 16.2. The minimum absolute atomic E-state index is 0.108. The molecule has 0 radical (unpaired) electrons. The van der Waals surface area contributed by atoms with Crippen molar-refractivity contribution in [1.29, 1.82) is 0 Å². The summed E-state index contributed by atoms with van der Waals surface area (Å²) in [5, 5.41) is 2.99. The first-order chi connectivity index (χ1) is 9.95. The summed E-state index contributed by atoms with van der Waals surface area (Å²) in [7, 11) is 2.21. The molecule has 2 amide bonds. The largest absolute Gasteiger partial charge is 0.336 e. The molecule has 0 aliphatic carbocycles. The van der Waals surface area contributed by atoms with Crippen LogP contribution in [-0.2, 0) is 0 Å². The third kappa shape index (κ3) is 4.85. The van der Waals surface area contributed by atoms with Gasteiger partial charge in [-0.1, -0.05) is 0 Å². The number of likely N-dealkylation sites (tertiary alicyclic amines) is 1. The molecule has 0 aromatic carbocycles. The minimum Gasteiger partial charge on any atom is -0.336 e. The number of carbonyl (C=O) groups is 1. The molecule has 0 aromatic rings. The number of nitrogens with one attached hydrogen (secondary N) is 1. The monoisotopic (exact) mass is 296 g/mol. The van der Waals surface area contributed by atoms with E-state index in [1.54, 1.807) is 0 Å². The van der Waals surface area contributed by atoms with Crippen molar-refractivity contribution in [3.05, 3.63) is 0 Å². The summed E-state index contributed by atoms with van der Waals surface area (Å²) < 4.78 is 0. The van der Waals surface area contributed by atoms with Gasteiger partial charge in [-0.25, -0.2) is 4.79 Å². The Labute approximate surface area is 129 Å². The highest BCUT2D eigenvalue weighted by Crippen LogP contribution is 2.20. The third-order valence-electron chi connectivity index (χ3n) is 4.77. The Kier molecular flexibility index (Phi) is 5.88. The Hall–Kier alpha value is -0.810. The zero-order valence-corrected chi connectivity index (χ0v) is 14.1. The molecule has 2 aliphatic rings. The van der Waals surface area contributed by atoms with E-state index in [-0.39, 0.29) is 12.1 Å². The van der Waals surface area contributed by atoms with E-state index < -0.39 is 0 Å². The van der Waals surface area contributed by atoms with Crippen LogP contribution >= 0.6 is 0 Å². The van der Waals surface area contributed by atoms with Gasteiger partial charge >= 0.3 is 6.03 Å². The Bertz CT molecular complexity index is 339. The lowest BCUT2D eigenvalue weighted by Crippen LogP contribution is -2.53. The first-order valence-electron chi connectivity index (χ1n) is 8.43. The van der Waals surface area contributed by atoms with Crippen molar-refractivity contribution in [3.63, 3.8) is 0 Å². The van der Waals surface area contributed by atoms with Crippen LogP contribution in [0.4, 0.5) is 4.79 Å². The van der Waals surface area contributed by atoms with Gasteiger partial charge in [0.15, 0.2) is 0 Å². The summed E-state index contributed by atoms with van der Waals surface area (Å²) in [6, 6.07) is 0.990. The first-order valence-corrected chi connectivity index (χ1v) is 8.43. The molecule has 122 valence electrons. The van der Waals surface area contributed by atoms with Gasteiger partial charge < -0.3 is 15.1 Å². The van der Waals surface area contributed by atoms with Gasteiger partial charge in [-0.3, -0.25) is 4.90 Å². The van der Waals surface area contributed by atoms with Gasteiger partial charge in [-0.15, -0.1) is 0 Å². The van der Waals surface area contributed by atoms with Crippen LogP contribution in [0.1, 0.15) is 33.6 Å². The predicted molar refractivity (Wildman–Crippen MR) is 86.5 cm³/mol. The van der Waals surface area contributed by atoms with E-state index in [9.17, 15) is 4.79 Å². The number of nitrogens with zero attached hydrogens (tertiary/aromatic N) is 3. The van der Waals surface area contributed by atoms with Crippen LogP contribution in [0, 0.1) is 5.92 Å². The molecule has 0 aromatic heterocycles. The van der Waals surface area contributed by atoms with Crippen molar-refractivity contribution in [2.45, 2.75) is 45.7 Å². The maximum absolute atomic E-state index is 12.0. The van der Waals surface area contributed by atoms with E-state index in [1.165, 1.54) is 26.2 Å². The van der Waals surface area contributed by atoms with Gasteiger partial charge in [0.2, 0.25) is 0 Å². The molecule has 2 heterocycles. The van der Waals surface area contributed by atoms with Crippen molar-refractivity contribution < 1.29 is 4.79 Å². The Morgan fingerprint density at radius 3 is 2.43 bits per heavy atom. The van der Waals surface area contributed by atoms with Gasteiger partial charge in [0.1, 0.15) is 0 Å². The summed E-state index contributed by atoms with van der Waals surface area (Å²) in [6.45, 7) is 12.9. The lowest BCUT2D eigenvalue weighted by atomic mass is 9.95. The van der Waals surface area contributed by atoms with E-state index in [4.69, 9.17) is 0 Å². The zero-order valence-electron chi connectivity index (χ0n) is 14.1. The van der Waals surface area contributed by atoms with E-state index in [0.717, 1.165) is 31.8 Å². The lowest BCUT2D eigenvalue weighted by molar-refractivity contribution is 0.0711. The fraction of sp³-hybridized carbons (Fsp3) is 0.938. The molecule has 5 nitrogen and oxygen atoms in total. The summed E-state index contributed by atoms with van der Waals surface area (Å²) in [5.74, 6) is 0.749. The van der Waals surface area contributed by atoms with Crippen LogP contribution in [0.5, 0.6) is 0 Å². The van der Waals surface area contributed by atoms with Crippen molar-refractivity contribution in [2.75, 3.05) is 46.3 Å². The van der Waals surface area contributed by atoms with Gasteiger partial charge in [0.05, 0.1) is 0 Å². The van der Waals surface area contributed by atoms with E-state index >= 15 is 0 Å². The smallest absolute Gasteiger partial charge is 0.317 e. The van der Waals surface area contributed by atoms with Gasteiger partial charge in [0, 0.05) is 51.4 Å². The normalized spacial score (nSPS) is 26.3. The number of carbonyl (C=O) groups excluding carboxylic acids is 1. The second-order valence-electron chi connectivity index (χ2n) is 7.14. The van der Waals surface area contributed by atoms with Gasteiger partial charge in [-0.2, -0.15) is 0 Å². The van der Waals surface area contributed by atoms with Crippen LogP contribution < -0.4 is 5.32 Å². The van der Waals surface area contributed by atoms with Crippen LogP contribution in [0.2, 0.25) is 0 Å². The molecule has 2 saturated heterocycles. The summed E-state index contributed by atoms with van der Waals surface area (Å²) >= 11 is 0. The summed E-state index contributed by atoms with van der Waals surface area (Å²) in [5.41, 5.74) is 0. The molecule has 2 rings (SSSR count). The molecule has 2 fully saturated rings. The number of piperazine rings is 1. The summed E-state index contributed by atoms with van der Waals surface area (Å²) in [4.78, 5) is 19.0. The minimum atomic E-state index is 0.108. The number of amides is 2. The van der Waals surface area contributed by atoms with E-state index in [1.807, 2.05) is 18.7 Å². The lowest BCUT2D eigenvalue weighted by Gasteiger charge is -2.41. The average molecular weight is 296 g/mol. The highest BCUT2D eigenvalue weighted by Gasteiger charge is 2.27. The molecular weight excluding hydrogens is 264 g/mol. The number of urea groups is 1. The molecular formula is C16H32N4O. The number of piperidine rings is 1. The zero-order chi connectivity index (χ0) is 15.4. The Morgan fingerprint density at radius 2 is 1.86 bits per heavy atom. The SMILES string of the molecule is CC(C)NC(=O)N1CCC(CN2CCN(C)C[C@H]2C)CC1. The van der Waals surface area contributed by atoms with E-state index in [2.05, 4.69) is 29.1 Å². The molecule has 1 atom stereocenters. The van der Waals surface area contributed by atoms with Gasteiger partial charge in [0.25, 0.3) is 0 Å². The van der Waals surface area contributed by atoms with Crippen LogP contribution in [0.15, 0.2) is 0 Å². The molecule has 0 spiro atoms. The molecule has 0 bridgehead atoms. The third-order valence-corrected chi connectivity index (χ3v) is 4.77. The van der Waals surface area contributed by atoms with Crippen LogP contribution in [-0.4, -0.2) is 79.1 Å². The van der Waals surface area contributed by atoms with Crippen LogP contribution in [0.3, 0.4) is 0 Å². The topological polar surface area (TPSA) is 38.8 Å². The van der Waals surface area contributed by atoms with Crippen molar-refractivity contribution in [1.82, 2.24) is 20.0 Å². The highest BCUT2D eigenvalue weighted by molar-refractivity contribution is 5.74. The maximum Gasteiger partial charge on any atom is 0.317 e. The number of likely N-dealkylation sites (N-methyl/N-ethyl adjacent to an activating group) is 1. The molecule has 5 heteroatoms. The average Bonchev–Trinajstić information content (AvgIpc) is 2.42. The molecule has 1 N–H and O–H groups in total. The fourth-order valence-corrected chi connectivity index (χ4v) is 3.44. The molecule has 21 heavy (non-hydrogen) atoms. The molecule has 0 unspecified atom stereocenters. The number of hydrogen-bond acceptors (Lipinski definition) is 3. The van der Waals surface area contributed by atoms with E-state index in [0.29, 0.717) is 6.04 Å². The van der Waals surface area contributed by atoms with Crippen molar-refractivity contribution in [3.8, 4) is 0 Å². The number of hydrogen-bond donors (Lipinski definition) is 1. The van der Waals surface area contributed by atoms with Crippen molar-refractivity contribution in [2.24, 2.45) is 5.92 Å². The predicted octanol–water partition coefficient (Wildman–Crippen LogP) is 1.45. The molecule has 0 saturated carbocycles.